The fourth-order valence-electron chi connectivity index (χ4n) is 1.98. The van der Waals surface area contributed by atoms with Crippen LogP contribution in [0.4, 0.5) is 15.8 Å². The van der Waals surface area contributed by atoms with E-state index in [4.69, 9.17) is 16.7 Å². The first kappa shape index (κ1) is 15.1. The first-order chi connectivity index (χ1) is 9.99. The van der Waals surface area contributed by atoms with Crippen LogP contribution in [0.2, 0.25) is 5.02 Å². The minimum Gasteiger partial charge on any atom is -0.478 e. The Hall–Kier alpha value is -2.33. The monoisotopic (exact) mass is 305 g/mol. The molecule has 0 aliphatic rings. The minimum atomic E-state index is -1.04. The van der Waals surface area contributed by atoms with Crippen molar-refractivity contribution in [2.24, 2.45) is 0 Å². The van der Waals surface area contributed by atoms with Gasteiger partial charge in [-0.1, -0.05) is 23.7 Å². The van der Waals surface area contributed by atoms with Gasteiger partial charge in [-0.15, -0.1) is 0 Å². The van der Waals surface area contributed by atoms with E-state index in [1.54, 1.807) is 42.3 Å². The zero-order chi connectivity index (χ0) is 15.4. The highest BCUT2D eigenvalue weighted by Crippen LogP contribution is 2.34. The van der Waals surface area contributed by atoms with Crippen molar-refractivity contribution in [1.82, 2.24) is 0 Å². The highest BCUT2D eigenvalue weighted by atomic mass is 35.5. The second-order valence-corrected chi connectivity index (χ2v) is 4.79. The maximum absolute atomic E-state index is 13.0. The molecule has 0 amide bonds. The van der Waals surface area contributed by atoms with Crippen LogP contribution < -0.4 is 4.90 Å². The van der Waals surface area contributed by atoms with Crippen LogP contribution in [0.5, 0.6) is 0 Å². The number of anilines is 2. The summed E-state index contributed by atoms with van der Waals surface area (Å²) in [7, 11) is 1.78. The number of para-hydroxylation sites is 1. The summed E-state index contributed by atoms with van der Waals surface area (Å²) < 4.78 is 13.0. The number of carboxylic acid groups (broad SMARTS) is 1. The van der Waals surface area contributed by atoms with Crippen molar-refractivity contribution in [3.8, 4) is 0 Å². The number of hydrogen-bond donors (Lipinski definition) is 1. The molecule has 0 fully saturated rings. The van der Waals surface area contributed by atoms with Gasteiger partial charge in [0.1, 0.15) is 5.82 Å². The lowest BCUT2D eigenvalue weighted by Crippen LogP contribution is -2.11. The van der Waals surface area contributed by atoms with Crippen molar-refractivity contribution in [2.45, 2.75) is 0 Å². The standard InChI is InChI=1S/C16H13ClFNO2/c1-19(13-8-6-12(18)7-9-13)16-11(5-10-15(20)21)3-2-4-14(16)17/h2-10H,1H3,(H,20,21)/b10-5+. The molecule has 0 unspecified atom stereocenters. The topological polar surface area (TPSA) is 40.5 Å². The van der Waals surface area contributed by atoms with Gasteiger partial charge in [0.2, 0.25) is 0 Å². The molecule has 0 saturated carbocycles. The van der Waals surface area contributed by atoms with Gasteiger partial charge in [-0.3, -0.25) is 0 Å². The Morgan fingerprint density at radius 1 is 1.24 bits per heavy atom. The van der Waals surface area contributed by atoms with Crippen molar-refractivity contribution in [2.75, 3.05) is 11.9 Å². The van der Waals surface area contributed by atoms with Gasteiger partial charge in [0.25, 0.3) is 0 Å². The van der Waals surface area contributed by atoms with Gasteiger partial charge in [0.15, 0.2) is 0 Å². The first-order valence-electron chi connectivity index (χ1n) is 6.18. The SMILES string of the molecule is CN(c1ccc(F)cc1)c1c(Cl)cccc1/C=C/C(=O)O. The largest absolute Gasteiger partial charge is 0.478 e. The lowest BCUT2D eigenvalue weighted by Gasteiger charge is -2.23. The van der Waals surface area contributed by atoms with Crippen LogP contribution in [-0.2, 0) is 4.79 Å². The Morgan fingerprint density at radius 3 is 2.52 bits per heavy atom. The molecule has 0 atom stereocenters. The van der Waals surface area contributed by atoms with Gasteiger partial charge in [-0.05, 0) is 42.0 Å². The maximum Gasteiger partial charge on any atom is 0.328 e. The van der Waals surface area contributed by atoms with Gasteiger partial charge < -0.3 is 10.0 Å². The zero-order valence-corrected chi connectivity index (χ0v) is 12.0. The second kappa shape index (κ2) is 6.41. The second-order valence-electron chi connectivity index (χ2n) is 4.38. The molecule has 0 heterocycles. The van der Waals surface area contributed by atoms with Gasteiger partial charge >= 0.3 is 5.97 Å². The number of rotatable bonds is 4. The van der Waals surface area contributed by atoms with E-state index in [1.807, 2.05) is 0 Å². The van der Waals surface area contributed by atoms with E-state index >= 15 is 0 Å². The van der Waals surface area contributed by atoms with Crippen LogP contribution >= 0.6 is 11.6 Å². The molecule has 108 valence electrons. The Kier molecular flexibility index (Phi) is 4.60. The zero-order valence-electron chi connectivity index (χ0n) is 11.3. The molecule has 0 radical (unpaired) electrons. The number of hydrogen-bond acceptors (Lipinski definition) is 2. The maximum atomic E-state index is 13.0. The van der Waals surface area contributed by atoms with Crippen LogP contribution in [0.1, 0.15) is 5.56 Å². The molecular weight excluding hydrogens is 293 g/mol. The van der Waals surface area contributed by atoms with Crippen LogP contribution in [0.15, 0.2) is 48.5 Å². The highest BCUT2D eigenvalue weighted by Gasteiger charge is 2.12. The van der Waals surface area contributed by atoms with Gasteiger partial charge in [0, 0.05) is 18.8 Å². The molecule has 0 aromatic heterocycles. The average molecular weight is 306 g/mol. The smallest absolute Gasteiger partial charge is 0.328 e. The van der Waals surface area contributed by atoms with Gasteiger partial charge in [-0.2, -0.15) is 0 Å². The molecule has 5 heteroatoms. The molecule has 3 nitrogen and oxygen atoms in total. The summed E-state index contributed by atoms with van der Waals surface area (Å²) in [6.45, 7) is 0. The Bertz CT molecular complexity index is 683. The number of benzene rings is 2. The quantitative estimate of drug-likeness (QED) is 0.854. The fraction of sp³-hybridized carbons (Fsp3) is 0.0625. The molecule has 21 heavy (non-hydrogen) atoms. The van der Waals surface area contributed by atoms with E-state index in [1.165, 1.54) is 18.2 Å². The molecule has 2 rings (SSSR count). The highest BCUT2D eigenvalue weighted by molar-refractivity contribution is 6.33. The number of nitrogens with zero attached hydrogens (tertiary/aromatic N) is 1. The fourth-order valence-corrected chi connectivity index (χ4v) is 2.28. The number of halogens is 2. The summed E-state index contributed by atoms with van der Waals surface area (Å²) in [5, 5.41) is 9.23. The van der Waals surface area contributed by atoms with E-state index in [0.717, 1.165) is 11.8 Å². The number of aliphatic carboxylic acids is 1. The third-order valence-corrected chi connectivity index (χ3v) is 3.28. The summed E-state index contributed by atoms with van der Waals surface area (Å²) in [5.41, 5.74) is 2.06. The summed E-state index contributed by atoms with van der Waals surface area (Å²) in [6, 6.07) is 11.2. The predicted octanol–water partition coefficient (Wildman–Crippen LogP) is 4.34. The molecule has 0 aliphatic heterocycles. The molecule has 2 aromatic rings. The normalized spacial score (nSPS) is 10.8. The molecule has 1 N–H and O–H groups in total. The molecule has 2 aromatic carbocycles. The lowest BCUT2D eigenvalue weighted by atomic mass is 10.1. The van der Waals surface area contributed by atoms with Crippen molar-refractivity contribution >= 4 is 35.0 Å². The Labute approximate surface area is 126 Å². The molecule has 0 aliphatic carbocycles. The predicted molar refractivity (Wildman–Crippen MR) is 82.6 cm³/mol. The lowest BCUT2D eigenvalue weighted by molar-refractivity contribution is -0.131. The van der Waals surface area contributed by atoms with E-state index in [9.17, 15) is 9.18 Å². The van der Waals surface area contributed by atoms with E-state index in [2.05, 4.69) is 0 Å². The minimum absolute atomic E-state index is 0.322. The molecular formula is C16H13ClFNO2. The van der Waals surface area contributed by atoms with Crippen molar-refractivity contribution in [3.05, 3.63) is 64.9 Å². The van der Waals surface area contributed by atoms with Gasteiger partial charge in [0.05, 0.1) is 10.7 Å². The summed E-state index contributed by atoms with van der Waals surface area (Å²) >= 11 is 6.22. The number of carbonyl (C=O) groups is 1. The summed E-state index contributed by atoms with van der Waals surface area (Å²) in [6.07, 6.45) is 2.53. The Morgan fingerprint density at radius 2 is 1.90 bits per heavy atom. The van der Waals surface area contributed by atoms with Crippen LogP contribution in [0, 0.1) is 5.82 Å². The van der Waals surface area contributed by atoms with E-state index in [0.29, 0.717) is 16.3 Å². The molecule has 0 spiro atoms. The first-order valence-corrected chi connectivity index (χ1v) is 6.55. The number of carboxylic acids is 1. The third-order valence-electron chi connectivity index (χ3n) is 2.97. The van der Waals surface area contributed by atoms with Crippen LogP contribution in [-0.4, -0.2) is 18.1 Å². The molecule has 0 bridgehead atoms. The molecule has 0 saturated heterocycles. The Balaban J connectivity index is 2.46. The summed E-state index contributed by atoms with van der Waals surface area (Å²) in [5.74, 6) is -1.36. The van der Waals surface area contributed by atoms with Crippen molar-refractivity contribution in [3.63, 3.8) is 0 Å². The van der Waals surface area contributed by atoms with Crippen LogP contribution in [0.3, 0.4) is 0 Å². The third kappa shape index (κ3) is 3.61. The van der Waals surface area contributed by atoms with Crippen molar-refractivity contribution in [1.29, 1.82) is 0 Å². The van der Waals surface area contributed by atoms with Gasteiger partial charge in [-0.25, -0.2) is 9.18 Å². The van der Waals surface area contributed by atoms with Crippen LogP contribution in [0.25, 0.3) is 6.08 Å². The van der Waals surface area contributed by atoms with E-state index < -0.39 is 5.97 Å². The van der Waals surface area contributed by atoms with E-state index in [-0.39, 0.29) is 5.82 Å². The van der Waals surface area contributed by atoms with Crippen molar-refractivity contribution < 1.29 is 14.3 Å². The summed E-state index contributed by atoms with van der Waals surface area (Å²) in [4.78, 5) is 12.5. The average Bonchev–Trinajstić information content (AvgIpc) is 2.45.